The first-order chi connectivity index (χ1) is 27.3. The van der Waals surface area contributed by atoms with E-state index in [9.17, 15) is 0 Å². The Hall–Kier alpha value is -7.36. The molecule has 0 aliphatic rings. The van der Waals surface area contributed by atoms with E-state index in [4.69, 9.17) is 4.42 Å². The SMILES string of the molecule is c1ccc(-c2cccc(N(c3ccc(-c4ccc5ccc6oc7ccccc7c6c5c4)cc3)c3cccc4c5ccccc5n(-c5ccccc5)c34)c2)cc1. The van der Waals surface area contributed by atoms with Gasteiger partial charge >= 0.3 is 0 Å². The molecule has 258 valence electrons. The second kappa shape index (κ2) is 12.6. The molecule has 11 aromatic rings. The standard InChI is InChI=1S/C52H34N2O/c1-3-13-35(14-4-1)38-15-11-18-42(33-38)53(48-23-12-21-44-43-19-7-9-22-47(43)54(52(44)48)40-16-5-2-6-17-40)41-30-27-36(28-31-41)39-26-25-37-29-32-50-51(46(37)34-39)45-20-8-10-24-49(45)55-50/h1-34H. The zero-order chi connectivity index (χ0) is 36.3. The van der Waals surface area contributed by atoms with Crippen LogP contribution in [0, 0.1) is 0 Å². The largest absolute Gasteiger partial charge is 0.456 e. The highest BCUT2D eigenvalue weighted by Crippen LogP contribution is 2.45. The topological polar surface area (TPSA) is 21.3 Å². The second-order valence-corrected chi connectivity index (χ2v) is 14.1. The molecule has 0 amide bonds. The zero-order valence-electron chi connectivity index (χ0n) is 29.9. The summed E-state index contributed by atoms with van der Waals surface area (Å²) in [4.78, 5) is 2.42. The normalized spacial score (nSPS) is 11.6. The van der Waals surface area contributed by atoms with Crippen LogP contribution in [-0.4, -0.2) is 4.57 Å². The van der Waals surface area contributed by atoms with E-state index in [0.29, 0.717) is 0 Å². The molecule has 2 aromatic heterocycles. The minimum Gasteiger partial charge on any atom is -0.456 e. The molecule has 9 aromatic carbocycles. The molecule has 0 aliphatic heterocycles. The molecule has 2 heterocycles. The molecule has 11 rings (SSSR count). The minimum atomic E-state index is 0.914. The lowest BCUT2D eigenvalue weighted by Crippen LogP contribution is -2.11. The van der Waals surface area contributed by atoms with Crippen LogP contribution in [0.15, 0.2) is 211 Å². The van der Waals surface area contributed by atoms with Gasteiger partial charge in [-0.25, -0.2) is 0 Å². The van der Waals surface area contributed by atoms with E-state index >= 15 is 0 Å². The van der Waals surface area contributed by atoms with Crippen molar-refractivity contribution in [3.63, 3.8) is 0 Å². The van der Waals surface area contributed by atoms with Gasteiger partial charge in [-0.2, -0.15) is 0 Å². The van der Waals surface area contributed by atoms with E-state index in [2.05, 4.69) is 204 Å². The quantitative estimate of drug-likeness (QED) is 0.172. The van der Waals surface area contributed by atoms with Crippen LogP contribution >= 0.6 is 0 Å². The fourth-order valence-corrected chi connectivity index (χ4v) is 8.43. The third kappa shape index (κ3) is 5.13. The highest BCUT2D eigenvalue weighted by atomic mass is 16.3. The number of fused-ring (bicyclic) bond motifs is 8. The third-order valence-corrected chi connectivity index (χ3v) is 11.0. The molecule has 55 heavy (non-hydrogen) atoms. The molecule has 0 fully saturated rings. The summed E-state index contributed by atoms with van der Waals surface area (Å²) in [5.41, 5.74) is 13.3. The maximum Gasteiger partial charge on any atom is 0.136 e. The Bertz CT molecular complexity index is 3190. The maximum atomic E-state index is 6.25. The van der Waals surface area contributed by atoms with Crippen molar-refractivity contribution in [2.24, 2.45) is 0 Å². The van der Waals surface area contributed by atoms with E-state index < -0.39 is 0 Å². The number of aromatic nitrogens is 1. The first kappa shape index (κ1) is 31.2. The van der Waals surface area contributed by atoms with Gasteiger partial charge in [-0.1, -0.05) is 140 Å². The molecule has 3 heteroatoms. The fourth-order valence-electron chi connectivity index (χ4n) is 8.43. The summed E-state index contributed by atoms with van der Waals surface area (Å²) in [7, 11) is 0. The molecule has 0 saturated heterocycles. The predicted octanol–water partition coefficient (Wildman–Crippen LogP) is 14.6. The van der Waals surface area contributed by atoms with Crippen molar-refractivity contribution in [3.8, 4) is 27.9 Å². The van der Waals surface area contributed by atoms with Crippen molar-refractivity contribution in [1.29, 1.82) is 0 Å². The van der Waals surface area contributed by atoms with Crippen LogP contribution in [0.2, 0.25) is 0 Å². The zero-order valence-corrected chi connectivity index (χ0v) is 29.9. The highest BCUT2D eigenvalue weighted by molar-refractivity contribution is 6.19. The molecule has 3 nitrogen and oxygen atoms in total. The van der Waals surface area contributed by atoms with Gasteiger partial charge in [0.2, 0.25) is 0 Å². The minimum absolute atomic E-state index is 0.914. The summed E-state index contributed by atoms with van der Waals surface area (Å²) >= 11 is 0. The van der Waals surface area contributed by atoms with Gasteiger partial charge in [0.1, 0.15) is 11.2 Å². The number of nitrogens with zero attached hydrogens (tertiary/aromatic N) is 2. The number of furan rings is 1. The van der Waals surface area contributed by atoms with Gasteiger partial charge in [0.15, 0.2) is 0 Å². The molecule has 0 saturated carbocycles. The Balaban J connectivity index is 1.11. The van der Waals surface area contributed by atoms with Crippen LogP contribution in [0.3, 0.4) is 0 Å². The van der Waals surface area contributed by atoms with Crippen molar-refractivity contribution < 1.29 is 4.42 Å². The van der Waals surface area contributed by atoms with Crippen molar-refractivity contribution in [1.82, 2.24) is 4.57 Å². The number of rotatable bonds is 6. The van der Waals surface area contributed by atoms with Gasteiger partial charge < -0.3 is 13.9 Å². The second-order valence-electron chi connectivity index (χ2n) is 14.1. The number of anilines is 3. The van der Waals surface area contributed by atoms with Crippen LogP contribution in [0.1, 0.15) is 0 Å². The molecule has 0 radical (unpaired) electrons. The molecule has 0 atom stereocenters. The Morgan fingerprint density at radius 3 is 1.87 bits per heavy atom. The summed E-state index contributed by atoms with van der Waals surface area (Å²) in [6.07, 6.45) is 0. The molecule has 0 N–H and O–H groups in total. The number of para-hydroxylation sites is 4. The lowest BCUT2D eigenvalue weighted by atomic mass is 9.98. The Kier molecular flexibility index (Phi) is 7.17. The molecule has 0 aliphatic carbocycles. The Morgan fingerprint density at radius 2 is 1.02 bits per heavy atom. The summed E-state index contributed by atoms with van der Waals surface area (Å²) in [6, 6.07) is 74.0. The summed E-state index contributed by atoms with van der Waals surface area (Å²) in [5.74, 6) is 0. The number of hydrogen-bond acceptors (Lipinski definition) is 2. The van der Waals surface area contributed by atoms with Gasteiger partial charge in [0.05, 0.1) is 16.7 Å². The lowest BCUT2D eigenvalue weighted by Gasteiger charge is -2.28. The average molecular weight is 703 g/mol. The lowest BCUT2D eigenvalue weighted by molar-refractivity contribution is 0.669. The molecule has 0 bridgehead atoms. The third-order valence-electron chi connectivity index (χ3n) is 11.0. The Morgan fingerprint density at radius 1 is 0.382 bits per heavy atom. The van der Waals surface area contributed by atoms with Crippen molar-refractivity contribution in [2.75, 3.05) is 4.90 Å². The van der Waals surface area contributed by atoms with E-state index in [0.717, 1.165) is 55.8 Å². The first-order valence-electron chi connectivity index (χ1n) is 18.8. The Labute approximate surface area is 318 Å². The van der Waals surface area contributed by atoms with Crippen LogP contribution < -0.4 is 4.90 Å². The van der Waals surface area contributed by atoms with E-state index in [-0.39, 0.29) is 0 Å². The van der Waals surface area contributed by atoms with Crippen molar-refractivity contribution >= 4 is 71.6 Å². The van der Waals surface area contributed by atoms with Gasteiger partial charge in [0.25, 0.3) is 0 Å². The number of hydrogen-bond donors (Lipinski definition) is 0. The molecular weight excluding hydrogens is 669 g/mol. The van der Waals surface area contributed by atoms with Gasteiger partial charge in [0, 0.05) is 38.6 Å². The molecular formula is C52H34N2O. The summed E-state index contributed by atoms with van der Waals surface area (Å²) in [6.45, 7) is 0. The molecule has 0 spiro atoms. The molecule has 0 unspecified atom stereocenters. The summed E-state index contributed by atoms with van der Waals surface area (Å²) in [5, 5.41) is 7.15. The van der Waals surface area contributed by atoms with Crippen LogP contribution in [-0.2, 0) is 0 Å². The van der Waals surface area contributed by atoms with E-state index in [1.54, 1.807) is 0 Å². The summed E-state index contributed by atoms with van der Waals surface area (Å²) < 4.78 is 8.66. The highest BCUT2D eigenvalue weighted by Gasteiger charge is 2.22. The first-order valence-corrected chi connectivity index (χ1v) is 18.8. The van der Waals surface area contributed by atoms with Crippen LogP contribution in [0.4, 0.5) is 17.1 Å². The fraction of sp³-hybridized carbons (Fsp3) is 0. The smallest absolute Gasteiger partial charge is 0.136 e. The average Bonchev–Trinajstić information content (AvgIpc) is 3.81. The number of benzene rings is 9. The van der Waals surface area contributed by atoms with E-state index in [1.165, 1.54) is 43.8 Å². The van der Waals surface area contributed by atoms with Gasteiger partial charge in [-0.15, -0.1) is 0 Å². The monoisotopic (exact) mass is 702 g/mol. The van der Waals surface area contributed by atoms with Crippen LogP contribution in [0.5, 0.6) is 0 Å². The van der Waals surface area contributed by atoms with Crippen LogP contribution in [0.25, 0.3) is 82.5 Å². The van der Waals surface area contributed by atoms with Gasteiger partial charge in [-0.05, 0) is 99.8 Å². The van der Waals surface area contributed by atoms with Gasteiger partial charge in [-0.3, -0.25) is 0 Å². The van der Waals surface area contributed by atoms with Crippen molar-refractivity contribution in [3.05, 3.63) is 206 Å². The predicted molar refractivity (Wildman–Crippen MR) is 231 cm³/mol. The van der Waals surface area contributed by atoms with Crippen molar-refractivity contribution in [2.45, 2.75) is 0 Å². The maximum absolute atomic E-state index is 6.25. The van der Waals surface area contributed by atoms with E-state index in [1.807, 2.05) is 12.1 Å².